The molecule has 1 aromatic rings. The van der Waals surface area contributed by atoms with Gasteiger partial charge in [-0.25, -0.2) is 14.4 Å². The first kappa shape index (κ1) is 31.9. The number of carbonyl (C=O) groups is 3. The molecule has 2 heterocycles. The van der Waals surface area contributed by atoms with Crippen LogP contribution in [0, 0.1) is 0 Å². The van der Waals surface area contributed by atoms with E-state index in [0.717, 1.165) is 12.3 Å². The summed E-state index contributed by atoms with van der Waals surface area (Å²) in [5.41, 5.74) is -3.03. The fourth-order valence-corrected chi connectivity index (χ4v) is 3.37. The highest BCUT2D eigenvalue weighted by molar-refractivity contribution is 5.83. The number of carbonyl (C=O) groups excluding carboxylic acids is 2. The maximum Gasteiger partial charge on any atom is 0.509 e. The van der Waals surface area contributed by atoms with Crippen LogP contribution in [-0.4, -0.2) is 75.4 Å². The van der Waals surface area contributed by atoms with Crippen molar-refractivity contribution in [3.05, 3.63) is 22.7 Å². The molecule has 0 bridgehead atoms. The quantitative estimate of drug-likeness (QED) is 0.315. The van der Waals surface area contributed by atoms with Crippen molar-refractivity contribution >= 4 is 24.0 Å². The Kier molecular flexibility index (Phi) is 10.4. The zero-order chi connectivity index (χ0) is 29.6. The lowest BCUT2D eigenvalue weighted by Gasteiger charge is -2.26. The van der Waals surface area contributed by atoms with E-state index in [2.05, 4.69) is 10.3 Å². The fraction of sp³-hybridized carbons (Fsp3) is 0.708. The molecule has 15 heteroatoms. The molecule has 13 nitrogen and oxygen atoms in total. The Hall–Kier alpha value is -3.33. The first-order chi connectivity index (χ1) is 17.9. The molecule has 0 aliphatic carbocycles. The Morgan fingerprint density at radius 3 is 2.33 bits per heavy atom. The number of aliphatic carboxylic acids is 1. The van der Waals surface area contributed by atoms with Crippen LogP contribution in [0.15, 0.2) is 17.1 Å². The second-order valence-electron chi connectivity index (χ2n) is 10.8. The summed E-state index contributed by atoms with van der Waals surface area (Å²) in [6.07, 6.45) is -6.70. The summed E-state index contributed by atoms with van der Waals surface area (Å²) in [4.78, 5) is 51.0. The third-order valence-electron chi connectivity index (χ3n) is 4.89. The molecular weight excluding hydrogens is 528 g/mol. The van der Waals surface area contributed by atoms with Crippen LogP contribution in [0.4, 0.5) is 24.2 Å². The van der Waals surface area contributed by atoms with E-state index >= 15 is 8.78 Å². The molecule has 1 fully saturated rings. The first-order valence-electron chi connectivity index (χ1n) is 12.2. The molecule has 0 aromatic carbocycles. The van der Waals surface area contributed by atoms with Gasteiger partial charge < -0.3 is 28.8 Å². The van der Waals surface area contributed by atoms with Crippen molar-refractivity contribution in [2.45, 2.75) is 96.4 Å². The summed E-state index contributed by atoms with van der Waals surface area (Å²) < 4.78 is 57.4. The van der Waals surface area contributed by atoms with Crippen molar-refractivity contribution in [3.63, 3.8) is 0 Å². The Morgan fingerprint density at radius 2 is 1.77 bits per heavy atom. The number of halogens is 2. The molecule has 39 heavy (non-hydrogen) atoms. The van der Waals surface area contributed by atoms with Crippen LogP contribution >= 0.6 is 0 Å². The van der Waals surface area contributed by atoms with Gasteiger partial charge in [-0.2, -0.15) is 13.8 Å². The van der Waals surface area contributed by atoms with Gasteiger partial charge in [0.05, 0.1) is 6.61 Å². The van der Waals surface area contributed by atoms with Crippen molar-refractivity contribution in [1.82, 2.24) is 9.55 Å². The van der Waals surface area contributed by atoms with E-state index in [-0.39, 0.29) is 18.8 Å². The van der Waals surface area contributed by atoms with Crippen LogP contribution in [0.2, 0.25) is 0 Å². The normalized spacial score (nSPS) is 20.8. The molecule has 1 amide bonds. The zero-order valence-electron chi connectivity index (χ0n) is 22.7. The van der Waals surface area contributed by atoms with Crippen LogP contribution in [0.5, 0.6) is 0 Å². The predicted molar refractivity (Wildman–Crippen MR) is 131 cm³/mol. The van der Waals surface area contributed by atoms with Gasteiger partial charge in [0.15, 0.2) is 0 Å². The average Bonchev–Trinajstić information content (AvgIpc) is 2.97. The van der Waals surface area contributed by atoms with Crippen LogP contribution in [-0.2, 0) is 28.5 Å². The fourth-order valence-electron chi connectivity index (χ4n) is 3.37. The number of rotatable bonds is 10. The van der Waals surface area contributed by atoms with Gasteiger partial charge in [0.1, 0.15) is 23.1 Å². The molecule has 2 N–H and O–H groups in total. The SMILES string of the molecule is CC(C)(C)OC(=O)Nc1ccn([C@@H]2O[C@H](COCCCCC(=O)O)[C@@H](OC(=O)OC(C)(C)C)C2(F)F)c(=O)n1. The van der Waals surface area contributed by atoms with E-state index in [1.165, 1.54) is 20.8 Å². The van der Waals surface area contributed by atoms with Crippen LogP contribution in [0.3, 0.4) is 0 Å². The van der Waals surface area contributed by atoms with Gasteiger partial charge in [-0.15, -0.1) is 0 Å². The van der Waals surface area contributed by atoms with E-state index < -0.39 is 66.1 Å². The molecule has 0 saturated carbocycles. The second-order valence-corrected chi connectivity index (χ2v) is 10.8. The van der Waals surface area contributed by atoms with Gasteiger partial charge in [0.2, 0.25) is 12.3 Å². The average molecular weight is 564 g/mol. The number of alkyl halides is 2. The number of amides is 1. The molecule has 220 valence electrons. The largest absolute Gasteiger partial charge is 0.509 e. The summed E-state index contributed by atoms with van der Waals surface area (Å²) in [6.45, 7) is 9.04. The summed E-state index contributed by atoms with van der Waals surface area (Å²) in [7, 11) is 0. The minimum Gasteiger partial charge on any atom is -0.481 e. The maximum absolute atomic E-state index is 15.5. The van der Waals surface area contributed by atoms with Crippen molar-refractivity contribution in [3.8, 4) is 0 Å². The highest BCUT2D eigenvalue weighted by Crippen LogP contribution is 2.44. The minimum atomic E-state index is -3.93. The van der Waals surface area contributed by atoms with Crippen LogP contribution in [0.1, 0.15) is 67.0 Å². The van der Waals surface area contributed by atoms with Gasteiger partial charge in [-0.05, 0) is 60.5 Å². The number of nitrogens with zero attached hydrogens (tertiary/aromatic N) is 2. The number of anilines is 1. The van der Waals surface area contributed by atoms with E-state index in [0.29, 0.717) is 17.4 Å². The molecule has 1 saturated heterocycles. The molecule has 0 radical (unpaired) electrons. The minimum absolute atomic E-state index is 0.0368. The molecule has 0 unspecified atom stereocenters. The van der Waals surface area contributed by atoms with Gasteiger partial charge in [0.25, 0.3) is 0 Å². The number of nitrogens with one attached hydrogen (secondary N) is 1. The van der Waals surface area contributed by atoms with E-state index in [1.54, 1.807) is 20.8 Å². The smallest absolute Gasteiger partial charge is 0.481 e. The number of ether oxygens (including phenoxy) is 5. The molecule has 3 atom stereocenters. The lowest BCUT2D eigenvalue weighted by Crippen LogP contribution is -2.45. The number of carboxylic acids is 1. The number of carboxylic acid groups (broad SMARTS) is 1. The summed E-state index contributed by atoms with van der Waals surface area (Å²) in [5.74, 6) is -5.15. The molecule has 2 rings (SSSR count). The first-order valence-corrected chi connectivity index (χ1v) is 12.2. The third kappa shape index (κ3) is 10.1. The number of hydrogen-bond acceptors (Lipinski definition) is 10. The molecular formula is C24H35F2N3O10. The maximum atomic E-state index is 15.5. The molecule has 1 aliphatic heterocycles. The van der Waals surface area contributed by atoms with E-state index in [9.17, 15) is 19.2 Å². The van der Waals surface area contributed by atoms with Crippen LogP contribution in [0.25, 0.3) is 0 Å². The summed E-state index contributed by atoms with van der Waals surface area (Å²) >= 11 is 0. The monoisotopic (exact) mass is 563 g/mol. The predicted octanol–water partition coefficient (Wildman–Crippen LogP) is 3.71. The van der Waals surface area contributed by atoms with Crippen LogP contribution < -0.4 is 11.0 Å². The summed E-state index contributed by atoms with van der Waals surface area (Å²) in [6, 6.07) is 1.10. The second kappa shape index (κ2) is 12.7. The van der Waals surface area contributed by atoms with Gasteiger partial charge in [0, 0.05) is 19.2 Å². The number of unbranched alkanes of at least 4 members (excludes halogenated alkanes) is 1. The van der Waals surface area contributed by atoms with Crippen molar-refractivity contribution < 1.29 is 52.0 Å². The Bertz CT molecular complexity index is 1080. The number of aromatic nitrogens is 2. The van der Waals surface area contributed by atoms with Gasteiger partial charge >= 0.3 is 29.8 Å². The molecule has 1 aromatic heterocycles. The Morgan fingerprint density at radius 1 is 1.13 bits per heavy atom. The van der Waals surface area contributed by atoms with Gasteiger partial charge in [-0.1, -0.05) is 0 Å². The summed E-state index contributed by atoms with van der Waals surface area (Å²) in [5, 5.41) is 10.9. The Labute approximate surface area is 223 Å². The van der Waals surface area contributed by atoms with Crippen molar-refractivity contribution in [2.75, 3.05) is 18.5 Å². The molecule has 0 spiro atoms. The standard InChI is InChI=1S/C24H35F2N3O10/c1-22(2,3)38-20(33)28-15-10-11-29(19(32)27-15)18-24(25,26)17(37-21(34)39-23(4,5)6)14(36-18)13-35-12-8-7-9-16(30)31/h10-11,14,17-18H,7-9,12-13H2,1-6H3,(H,30,31)(H,27,28,32,33)/t14-,17-,18-/m1/s1. The highest BCUT2D eigenvalue weighted by Gasteiger charge is 2.63. The van der Waals surface area contributed by atoms with Crippen molar-refractivity contribution in [1.29, 1.82) is 0 Å². The van der Waals surface area contributed by atoms with E-state index in [1.807, 2.05) is 0 Å². The Balaban J connectivity index is 2.21. The van der Waals surface area contributed by atoms with E-state index in [4.69, 9.17) is 28.8 Å². The number of hydrogen-bond donors (Lipinski definition) is 2. The lowest BCUT2D eigenvalue weighted by atomic mass is 10.1. The van der Waals surface area contributed by atoms with Crippen molar-refractivity contribution in [2.24, 2.45) is 0 Å². The third-order valence-corrected chi connectivity index (χ3v) is 4.89. The van der Waals surface area contributed by atoms with Gasteiger partial charge in [-0.3, -0.25) is 14.7 Å². The highest BCUT2D eigenvalue weighted by atomic mass is 19.3. The molecule has 1 aliphatic rings. The zero-order valence-corrected chi connectivity index (χ0v) is 22.7. The topological polar surface area (TPSA) is 165 Å². The lowest BCUT2D eigenvalue weighted by molar-refractivity contribution is -0.149.